The number of nitriles is 1. The van der Waals surface area contributed by atoms with E-state index in [1.807, 2.05) is 12.1 Å². The molecule has 0 fully saturated rings. The first-order valence-corrected chi connectivity index (χ1v) is 9.04. The summed E-state index contributed by atoms with van der Waals surface area (Å²) in [6.45, 7) is 4.65. The molecule has 2 aromatic carbocycles. The Morgan fingerprint density at radius 3 is 2.48 bits per heavy atom. The fourth-order valence-corrected chi connectivity index (χ4v) is 3.35. The molecule has 0 radical (unpaired) electrons. The number of amides is 1. The first-order chi connectivity index (χ1) is 12.9. The number of rotatable bonds is 6. The third kappa shape index (κ3) is 3.49. The number of benzene rings is 2. The molecule has 1 N–H and O–H groups in total. The van der Waals surface area contributed by atoms with Crippen molar-refractivity contribution >= 4 is 17.4 Å². The molecule has 1 heterocycles. The lowest BCUT2D eigenvalue weighted by Gasteiger charge is -2.23. The molecule has 0 bridgehead atoms. The first kappa shape index (κ1) is 18.8. The van der Waals surface area contributed by atoms with Gasteiger partial charge in [-0.1, -0.05) is 44.2 Å². The van der Waals surface area contributed by atoms with E-state index in [4.69, 9.17) is 5.26 Å². The molecule has 1 aliphatic rings. The van der Waals surface area contributed by atoms with Gasteiger partial charge in [-0.3, -0.25) is 9.59 Å². The van der Waals surface area contributed by atoms with E-state index in [-0.39, 0.29) is 12.2 Å². The van der Waals surface area contributed by atoms with Crippen molar-refractivity contribution in [1.82, 2.24) is 0 Å². The molecule has 5 nitrogen and oxygen atoms in total. The topological polar surface area (TPSA) is 81.4 Å². The molecule has 1 atom stereocenters. The molecule has 1 aliphatic heterocycles. The van der Waals surface area contributed by atoms with Gasteiger partial charge in [-0.25, -0.2) is 0 Å². The largest absolute Gasteiger partial charge is 0.375 e. The minimum absolute atomic E-state index is 0.326. The van der Waals surface area contributed by atoms with Gasteiger partial charge in [0.25, 0.3) is 5.91 Å². The molecule has 138 valence electrons. The smallest absolute Gasteiger partial charge is 0.264 e. The molecule has 1 amide bonds. The third-order valence-corrected chi connectivity index (χ3v) is 4.92. The first-order valence-electron chi connectivity index (χ1n) is 9.04. The van der Waals surface area contributed by atoms with Gasteiger partial charge in [0.15, 0.2) is 11.4 Å². The van der Waals surface area contributed by atoms with Crippen molar-refractivity contribution in [3.05, 3.63) is 65.2 Å². The lowest BCUT2D eigenvalue weighted by atomic mass is 9.88. The summed E-state index contributed by atoms with van der Waals surface area (Å²) < 4.78 is 0. The zero-order valence-electron chi connectivity index (χ0n) is 15.5. The molecule has 5 heteroatoms. The van der Waals surface area contributed by atoms with Crippen molar-refractivity contribution in [2.24, 2.45) is 5.92 Å². The summed E-state index contributed by atoms with van der Waals surface area (Å²) in [5.74, 6) is -0.374. The Hall–Kier alpha value is -2.97. The molecule has 0 spiro atoms. The van der Waals surface area contributed by atoms with Gasteiger partial charge in [0.05, 0.1) is 23.7 Å². The van der Waals surface area contributed by atoms with Gasteiger partial charge >= 0.3 is 0 Å². The molecule has 27 heavy (non-hydrogen) atoms. The van der Waals surface area contributed by atoms with E-state index >= 15 is 0 Å². The quantitative estimate of drug-likeness (QED) is 0.799. The van der Waals surface area contributed by atoms with Gasteiger partial charge in [0.1, 0.15) is 0 Å². The molecule has 0 aliphatic carbocycles. The SMILES string of the molecule is CC(C)CCN1C(=O)C(O)(CC(=O)c2ccc(C#N)cc2)c2ccccc21. The summed E-state index contributed by atoms with van der Waals surface area (Å²) >= 11 is 0. The summed E-state index contributed by atoms with van der Waals surface area (Å²) in [7, 11) is 0. The molecular formula is C22H22N2O3. The number of hydrogen-bond acceptors (Lipinski definition) is 4. The second-order valence-corrected chi connectivity index (χ2v) is 7.31. The number of ketones is 1. The van der Waals surface area contributed by atoms with Gasteiger partial charge in [0.2, 0.25) is 0 Å². The second-order valence-electron chi connectivity index (χ2n) is 7.31. The highest BCUT2D eigenvalue weighted by Crippen LogP contribution is 2.43. The number of carbonyl (C=O) groups is 2. The minimum Gasteiger partial charge on any atom is -0.375 e. The summed E-state index contributed by atoms with van der Waals surface area (Å²) in [4.78, 5) is 27.3. The van der Waals surface area contributed by atoms with E-state index in [2.05, 4.69) is 13.8 Å². The maximum atomic E-state index is 13.0. The fraction of sp³-hybridized carbons (Fsp3) is 0.318. The van der Waals surface area contributed by atoms with Crippen LogP contribution in [-0.2, 0) is 10.4 Å². The Kier molecular flexibility index (Phi) is 5.11. The Balaban J connectivity index is 1.90. The molecule has 1 unspecified atom stereocenters. The molecule has 3 rings (SSSR count). The molecule has 0 aromatic heterocycles. The standard InChI is InChI=1S/C22H22N2O3/c1-15(2)11-12-24-19-6-4-3-5-18(19)22(27,21(24)26)13-20(25)17-9-7-16(14-23)8-10-17/h3-10,15,27H,11-13H2,1-2H3. The van der Waals surface area contributed by atoms with Crippen LogP contribution in [0.4, 0.5) is 5.69 Å². The van der Waals surface area contributed by atoms with Crippen LogP contribution in [0, 0.1) is 17.2 Å². The molecule has 2 aromatic rings. The Bertz CT molecular complexity index is 912. The minimum atomic E-state index is -1.86. The van der Waals surface area contributed by atoms with Crippen molar-refractivity contribution in [2.45, 2.75) is 32.3 Å². The van der Waals surface area contributed by atoms with Crippen molar-refractivity contribution in [2.75, 3.05) is 11.4 Å². The van der Waals surface area contributed by atoms with Crippen molar-refractivity contribution in [3.63, 3.8) is 0 Å². The second kappa shape index (κ2) is 7.34. The van der Waals surface area contributed by atoms with Crippen LogP contribution < -0.4 is 4.90 Å². The summed E-state index contributed by atoms with van der Waals surface area (Å²) in [5.41, 5.74) is 0.0956. The predicted octanol–water partition coefficient (Wildman–Crippen LogP) is 3.41. The highest BCUT2D eigenvalue weighted by molar-refractivity contribution is 6.10. The van der Waals surface area contributed by atoms with E-state index in [9.17, 15) is 14.7 Å². The highest BCUT2D eigenvalue weighted by Gasteiger charge is 2.50. The lowest BCUT2D eigenvalue weighted by Crippen LogP contribution is -2.42. The van der Waals surface area contributed by atoms with Crippen LogP contribution >= 0.6 is 0 Å². The number of nitrogens with zero attached hydrogens (tertiary/aromatic N) is 2. The average Bonchev–Trinajstić information content (AvgIpc) is 2.87. The molecule has 0 saturated heterocycles. The summed E-state index contributed by atoms with van der Waals surface area (Å²) in [6, 6.07) is 15.3. The van der Waals surface area contributed by atoms with Crippen LogP contribution in [0.15, 0.2) is 48.5 Å². The third-order valence-electron chi connectivity index (χ3n) is 4.92. The summed E-state index contributed by atoms with van der Waals surface area (Å²) in [5, 5.41) is 20.1. The maximum absolute atomic E-state index is 13.0. The maximum Gasteiger partial charge on any atom is 0.264 e. The van der Waals surface area contributed by atoms with E-state index in [1.54, 1.807) is 47.4 Å². The monoisotopic (exact) mass is 362 g/mol. The Morgan fingerprint density at radius 2 is 1.85 bits per heavy atom. The fourth-order valence-electron chi connectivity index (χ4n) is 3.35. The highest BCUT2D eigenvalue weighted by atomic mass is 16.3. The predicted molar refractivity (Wildman–Crippen MR) is 102 cm³/mol. The number of para-hydroxylation sites is 1. The van der Waals surface area contributed by atoms with Crippen LogP contribution in [0.1, 0.15) is 48.2 Å². The van der Waals surface area contributed by atoms with Crippen LogP contribution in [0.5, 0.6) is 0 Å². The van der Waals surface area contributed by atoms with Gasteiger partial charge in [-0.05, 0) is 30.5 Å². The Labute approximate surface area is 158 Å². The average molecular weight is 362 g/mol. The van der Waals surface area contributed by atoms with Crippen molar-refractivity contribution in [1.29, 1.82) is 5.26 Å². The van der Waals surface area contributed by atoms with E-state index in [1.165, 1.54) is 0 Å². The van der Waals surface area contributed by atoms with E-state index in [0.717, 1.165) is 6.42 Å². The van der Waals surface area contributed by atoms with Gasteiger partial charge in [-0.15, -0.1) is 0 Å². The van der Waals surface area contributed by atoms with Crippen LogP contribution in [0.2, 0.25) is 0 Å². The van der Waals surface area contributed by atoms with Gasteiger partial charge in [0, 0.05) is 17.7 Å². The number of aliphatic hydroxyl groups is 1. The van der Waals surface area contributed by atoms with Crippen molar-refractivity contribution in [3.8, 4) is 6.07 Å². The zero-order chi connectivity index (χ0) is 19.6. The molecule has 0 saturated carbocycles. The number of hydrogen-bond donors (Lipinski definition) is 1. The zero-order valence-corrected chi connectivity index (χ0v) is 15.5. The normalized spacial score (nSPS) is 18.5. The summed E-state index contributed by atoms with van der Waals surface area (Å²) in [6.07, 6.45) is 0.479. The van der Waals surface area contributed by atoms with Crippen LogP contribution in [0.25, 0.3) is 0 Å². The van der Waals surface area contributed by atoms with Crippen molar-refractivity contribution < 1.29 is 14.7 Å². The van der Waals surface area contributed by atoms with E-state index in [0.29, 0.717) is 34.8 Å². The Morgan fingerprint density at radius 1 is 1.19 bits per heavy atom. The van der Waals surface area contributed by atoms with Crippen LogP contribution in [-0.4, -0.2) is 23.3 Å². The number of carbonyl (C=O) groups excluding carboxylic acids is 2. The number of Topliss-reactive ketones (excluding diaryl/α,β-unsaturated/α-hetero) is 1. The molecular weight excluding hydrogens is 340 g/mol. The lowest BCUT2D eigenvalue weighted by molar-refractivity contribution is -0.135. The van der Waals surface area contributed by atoms with Crippen LogP contribution in [0.3, 0.4) is 0 Å². The van der Waals surface area contributed by atoms with Gasteiger partial charge < -0.3 is 10.0 Å². The number of fused-ring (bicyclic) bond motifs is 1. The van der Waals surface area contributed by atoms with Gasteiger partial charge in [-0.2, -0.15) is 5.26 Å². The number of anilines is 1. The van der Waals surface area contributed by atoms with E-state index < -0.39 is 11.5 Å².